The fourth-order valence-electron chi connectivity index (χ4n) is 2.76. The van der Waals surface area contributed by atoms with Gasteiger partial charge in [-0.3, -0.25) is 4.79 Å². The number of rotatable bonds is 11. The Morgan fingerprint density at radius 3 is 2.33 bits per heavy atom. The third-order valence-corrected chi connectivity index (χ3v) is 7.16. The van der Waals surface area contributed by atoms with Crippen LogP contribution in [-0.2, 0) is 14.5 Å². The van der Waals surface area contributed by atoms with Gasteiger partial charge in [0.2, 0.25) is 0 Å². The molecule has 0 saturated carbocycles. The van der Waals surface area contributed by atoms with Gasteiger partial charge in [0.25, 0.3) is 10.2 Å². The van der Waals surface area contributed by atoms with E-state index >= 15 is 0 Å². The molecule has 13 nitrogen and oxygen atoms in total. The van der Waals surface area contributed by atoms with Gasteiger partial charge in [-0.15, -0.1) is 20.2 Å². The standard InChI is InChI=1S/C20H15N3O10S3/c21-12-3-6-16(32-18(24)8-14(33-23(28)29)10-30-22(26)27)15(7-12)20(25)31-13-4-1-11(2-5-13)17-9-19(34)36-35-17/h1-7,9,14H,8,10,21H2. The van der Waals surface area contributed by atoms with Crippen molar-refractivity contribution >= 4 is 50.5 Å². The van der Waals surface area contributed by atoms with E-state index in [1.54, 1.807) is 24.3 Å². The highest BCUT2D eigenvalue weighted by Gasteiger charge is 2.24. The summed E-state index contributed by atoms with van der Waals surface area (Å²) < 4.78 is 11.2. The molecule has 3 rings (SSSR count). The van der Waals surface area contributed by atoms with Gasteiger partial charge >= 0.3 is 11.9 Å². The van der Waals surface area contributed by atoms with Crippen LogP contribution in [0.25, 0.3) is 10.4 Å². The van der Waals surface area contributed by atoms with E-state index in [1.807, 2.05) is 6.07 Å². The molecule has 1 aromatic heterocycles. The quantitative estimate of drug-likeness (QED) is 0.0683. The Balaban J connectivity index is 1.71. The number of carbonyl (C=O) groups is 2. The summed E-state index contributed by atoms with van der Waals surface area (Å²) in [6.45, 7) is -0.893. The minimum Gasteiger partial charge on any atom is -0.426 e. The summed E-state index contributed by atoms with van der Waals surface area (Å²) in [4.78, 5) is 55.2. The number of benzene rings is 2. The molecule has 36 heavy (non-hydrogen) atoms. The van der Waals surface area contributed by atoms with E-state index in [2.05, 4.69) is 9.68 Å². The van der Waals surface area contributed by atoms with Gasteiger partial charge in [-0.25, -0.2) is 4.79 Å². The zero-order valence-corrected chi connectivity index (χ0v) is 20.3. The first-order chi connectivity index (χ1) is 17.1. The van der Waals surface area contributed by atoms with E-state index in [1.165, 1.54) is 38.9 Å². The van der Waals surface area contributed by atoms with Gasteiger partial charge < -0.3 is 24.9 Å². The van der Waals surface area contributed by atoms with Crippen molar-refractivity contribution in [1.29, 1.82) is 0 Å². The summed E-state index contributed by atoms with van der Waals surface area (Å²) in [5.41, 5.74) is 6.61. The lowest BCUT2D eigenvalue weighted by Gasteiger charge is -2.14. The Labute approximate surface area is 214 Å². The monoisotopic (exact) mass is 553 g/mol. The van der Waals surface area contributed by atoms with Gasteiger partial charge in [0.15, 0.2) is 0 Å². The second-order valence-electron chi connectivity index (χ2n) is 6.81. The maximum absolute atomic E-state index is 12.8. The van der Waals surface area contributed by atoms with E-state index in [0.29, 0.717) is 0 Å². The van der Waals surface area contributed by atoms with E-state index in [0.717, 1.165) is 14.3 Å². The highest BCUT2D eigenvalue weighted by Crippen LogP contribution is 2.31. The molecular weight excluding hydrogens is 538 g/mol. The van der Waals surface area contributed by atoms with Crippen molar-refractivity contribution in [3.05, 3.63) is 78.1 Å². The van der Waals surface area contributed by atoms with Crippen molar-refractivity contribution in [2.24, 2.45) is 0 Å². The van der Waals surface area contributed by atoms with Crippen LogP contribution in [0.5, 0.6) is 11.5 Å². The minimum atomic E-state index is -1.62. The average molecular weight is 554 g/mol. The lowest BCUT2D eigenvalue weighted by Crippen LogP contribution is -2.29. The molecule has 1 atom stereocenters. The molecule has 2 N–H and O–H groups in total. The van der Waals surface area contributed by atoms with Crippen LogP contribution < -0.4 is 15.2 Å². The molecule has 0 aliphatic heterocycles. The topological polar surface area (TPSA) is 183 Å². The van der Waals surface area contributed by atoms with Crippen LogP contribution in [0, 0.1) is 24.1 Å². The molecule has 0 radical (unpaired) electrons. The highest BCUT2D eigenvalue weighted by atomic mass is 32.9. The molecule has 0 fully saturated rings. The Bertz CT molecular complexity index is 1340. The fraction of sp³-hybridized carbons (Fsp3) is 0.150. The smallest absolute Gasteiger partial charge is 0.347 e. The molecule has 16 heteroatoms. The van der Waals surface area contributed by atoms with E-state index in [4.69, 9.17) is 27.4 Å². The predicted octanol–water partition coefficient (Wildman–Crippen LogP) is 4.09. The van der Waals surface area contributed by atoms with E-state index < -0.39 is 41.2 Å². The normalized spacial score (nSPS) is 11.2. The van der Waals surface area contributed by atoms with Gasteiger partial charge in [0, 0.05) is 10.6 Å². The summed E-state index contributed by atoms with van der Waals surface area (Å²) in [6, 6.07) is 12.3. The van der Waals surface area contributed by atoms with Crippen molar-refractivity contribution in [3.8, 4) is 21.9 Å². The lowest BCUT2D eigenvalue weighted by atomic mass is 10.1. The summed E-state index contributed by atoms with van der Waals surface area (Å²) in [7, 11) is 2.99. The molecular formula is C20H15N3O10S3. The van der Waals surface area contributed by atoms with Crippen molar-refractivity contribution in [2.45, 2.75) is 12.5 Å². The molecule has 0 amide bonds. The summed E-state index contributed by atoms with van der Waals surface area (Å²) in [5.74, 6) is -2.02. The number of nitrogen functional groups attached to an aromatic ring is 1. The molecule has 0 aliphatic rings. The first-order valence-corrected chi connectivity index (χ1v) is 12.3. The average Bonchev–Trinajstić information content (AvgIpc) is 3.25. The minimum absolute atomic E-state index is 0.171. The molecule has 0 aliphatic carbocycles. The fourth-order valence-corrected chi connectivity index (χ4v) is 5.16. The zero-order valence-electron chi connectivity index (χ0n) is 17.9. The second-order valence-corrected chi connectivity index (χ2v) is 9.72. The molecule has 0 bridgehead atoms. The number of hydrogen-bond acceptors (Lipinski definition) is 14. The molecule has 188 valence electrons. The van der Waals surface area contributed by atoms with Crippen LogP contribution in [0.3, 0.4) is 0 Å². The van der Waals surface area contributed by atoms with Gasteiger partial charge in [0.05, 0.1) is 6.42 Å². The van der Waals surface area contributed by atoms with Gasteiger partial charge in [-0.1, -0.05) is 32.9 Å². The second kappa shape index (κ2) is 12.0. The van der Waals surface area contributed by atoms with Crippen LogP contribution in [0.4, 0.5) is 5.69 Å². The highest BCUT2D eigenvalue weighted by molar-refractivity contribution is 7.80. The Morgan fingerprint density at radius 2 is 1.72 bits per heavy atom. The third-order valence-electron chi connectivity index (χ3n) is 4.25. The van der Waals surface area contributed by atoms with Crippen LogP contribution in [0.2, 0.25) is 0 Å². The van der Waals surface area contributed by atoms with Crippen LogP contribution in [0.15, 0.2) is 48.5 Å². The van der Waals surface area contributed by atoms with Gasteiger partial charge in [0.1, 0.15) is 33.6 Å². The molecule has 2 aromatic carbocycles. The number of carbonyl (C=O) groups excluding carboxylic acids is 2. The summed E-state index contributed by atoms with van der Waals surface area (Å²) in [6.07, 6.45) is -2.41. The lowest BCUT2D eigenvalue weighted by molar-refractivity contribution is -0.789. The first-order valence-electron chi connectivity index (χ1n) is 9.72. The number of anilines is 1. The molecule has 0 spiro atoms. The van der Waals surface area contributed by atoms with Crippen molar-refractivity contribution in [3.63, 3.8) is 0 Å². The van der Waals surface area contributed by atoms with Crippen molar-refractivity contribution < 1.29 is 38.9 Å². The Morgan fingerprint density at radius 1 is 1.00 bits per heavy atom. The number of hydrogen-bond donors (Lipinski definition) is 1. The third kappa shape index (κ3) is 7.69. The number of esters is 2. The molecule has 0 saturated heterocycles. The van der Waals surface area contributed by atoms with E-state index in [-0.39, 0.29) is 22.7 Å². The predicted molar refractivity (Wildman–Crippen MR) is 129 cm³/mol. The molecule has 3 aromatic rings. The van der Waals surface area contributed by atoms with Crippen LogP contribution >= 0.6 is 32.9 Å². The summed E-state index contributed by atoms with van der Waals surface area (Å²) >= 11 is 5.13. The maximum atomic E-state index is 12.8. The maximum Gasteiger partial charge on any atom is 0.347 e. The van der Waals surface area contributed by atoms with E-state index in [9.17, 15) is 29.8 Å². The van der Waals surface area contributed by atoms with Crippen molar-refractivity contribution in [2.75, 3.05) is 12.3 Å². The molecule has 1 heterocycles. The largest absolute Gasteiger partial charge is 0.426 e. The van der Waals surface area contributed by atoms with Gasteiger partial charge in [-0.05, 0) is 54.1 Å². The zero-order chi connectivity index (χ0) is 26.2. The first kappa shape index (κ1) is 26.5. The van der Waals surface area contributed by atoms with Crippen LogP contribution in [-0.4, -0.2) is 34.8 Å². The summed E-state index contributed by atoms with van der Waals surface area (Å²) in [5, 5.41) is 18.5. The molecule has 1 unspecified atom stereocenters. The Kier molecular flexibility index (Phi) is 8.82. The van der Waals surface area contributed by atoms with Crippen LogP contribution in [0.1, 0.15) is 16.8 Å². The van der Waals surface area contributed by atoms with Crippen molar-refractivity contribution in [1.82, 2.24) is 0 Å². The Hall–Kier alpha value is -4.15. The number of ether oxygens (including phenoxy) is 2. The number of nitrogens with zero attached hydrogens (tertiary/aromatic N) is 2. The SMILES string of the molecule is Nc1ccc(OC(=O)CC(CO[N+](=O)[O-])O[N+](=O)[O-])c(C(=O)Oc2ccc(-c3cc(=S)ss3)cc2)c1. The van der Waals surface area contributed by atoms with Gasteiger partial charge in [-0.2, -0.15) is 0 Å². The number of nitrogens with two attached hydrogens (primary N) is 1.